The van der Waals surface area contributed by atoms with Gasteiger partial charge in [-0.2, -0.15) is 4.98 Å². The van der Waals surface area contributed by atoms with Gasteiger partial charge in [-0.15, -0.1) is 0 Å². The number of nitrogens with zero attached hydrogens (tertiary/aromatic N) is 2. The predicted molar refractivity (Wildman–Crippen MR) is 49.9 cm³/mol. The van der Waals surface area contributed by atoms with Crippen LogP contribution >= 0.6 is 0 Å². The minimum atomic E-state index is -0.924. The molecule has 4 atom stereocenters. The zero-order chi connectivity index (χ0) is 11.3. The summed E-state index contributed by atoms with van der Waals surface area (Å²) >= 11 is 0. The molecule has 2 N–H and O–H groups in total. The van der Waals surface area contributed by atoms with Crippen LogP contribution in [0.1, 0.15) is 6.23 Å². The van der Waals surface area contributed by atoms with Crippen LogP contribution in [0.15, 0.2) is 17.1 Å². The number of hydrogen-bond donors (Lipinski definition) is 2. The third-order valence-electron chi connectivity index (χ3n) is 2.81. The second kappa shape index (κ2) is 3.27. The lowest BCUT2D eigenvalue weighted by Crippen LogP contribution is -2.34. The molecule has 0 aromatic carbocycles. The van der Waals surface area contributed by atoms with E-state index in [0.717, 1.165) is 0 Å². The Morgan fingerprint density at radius 3 is 3.12 bits per heavy atom. The maximum Gasteiger partial charge on any atom is 0.302 e. The van der Waals surface area contributed by atoms with E-state index in [0.29, 0.717) is 0 Å². The molecule has 2 aliphatic heterocycles. The number of aliphatic hydroxyl groups is 2. The second-order valence-electron chi connectivity index (χ2n) is 3.78. The van der Waals surface area contributed by atoms with Crippen LogP contribution in [-0.2, 0) is 4.74 Å². The zero-order valence-corrected chi connectivity index (χ0v) is 8.18. The predicted octanol–water partition coefficient (Wildman–Crippen LogP) is -1.75. The van der Waals surface area contributed by atoms with Crippen LogP contribution in [0.5, 0.6) is 6.01 Å². The Kier molecular flexibility index (Phi) is 2.00. The number of aromatic nitrogens is 2. The monoisotopic (exact) mass is 226 g/mol. The third-order valence-corrected chi connectivity index (χ3v) is 2.81. The Morgan fingerprint density at radius 2 is 2.38 bits per heavy atom. The van der Waals surface area contributed by atoms with Gasteiger partial charge in [0.1, 0.15) is 12.2 Å². The molecule has 3 heterocycles. The average molecular weight is 226 g/mol. The fourth-order valence-electron chi connectivity index (χ4n) is 2.02. The highest BCUT2D eigenvalue weighted by atomic mass is 16.6. The van der Waals surface area contributed by atoms with Crippen LogP contribution in [0.4, 0.5) is 0 Å². The smallest absolute Gasteiger partial charge is 0.302 e. The van der Waals surface area contributed by atoms with E-state index in [1.54, 1.807) is 0 Å². The normalized spacial score (nSPS) is 35.6. The molecular weight excluding hydrogens is 216 g/mol. The maximum atomic E-state index is 11.0. The molecule has 1 aromatic rings. The van der Waals surface area contributed by atoms with Crippen molar-refractivity contribution in [1.29, 1.82) is 0 Å². The van der Waals surface area contributed by atoms with Crippen LogP contribution in [-0.4, -0.2) is 44.7 Å². The highest BCUT2D eigenvalue weighted by Crippen LogP contribution is 2.38. The lowest BCUT2D eigenvalue weighted by atomic mass is 10.1. The summed E-state index contributed by atoms with van der Waals surface area (Å²) in [6, 6.07) is 1.43. The van der Waals surface area contributed by atoms with E-state index in [9.17, 15) is 9.90 Å². The molecule has 0 radical (unpaired) electrons. The van der Waals surface area contributed by atoms with E-state index in [4.69, 9.17) is 14.6 Å². The van der Waals surface area contributed by atoms with E-state index in [2.05, 4.69) is 4.98 Å². The standard InChI is InChI=1S/C9H10N2O5/c12-3-4-6(14)7-8(15-4)11-2-1-5(13)10-9(11)16-7/h1-2,4,6-8,12,14H,3H2/t4-,6-,7-,8-/m0/s1. The van der Waals surface area contributed by atoms with Gasteiger partial charge >= 0.3 is 6.01 Å². The molecule has 0 aliphatic carbocycles. The zero-order valence-electron chi connectivity index (χ0n) is 8.18. The van der Waals surface area contributed by atoms with Crippen molar-refractivity contribution in [3.63, 3.8) is 0 Å². The van der Waals surface area contributed by atoms with E-state index < -0.39 is 30.1 Å². The van der Waals surface area contributed by atoms with Crippen LogP contribution in [0, 0.1) is 0 Å². The molecule has 1 fully saturated rings. The van der Waals surface area contributed by atoms with Gasteiger partial charge in [0, 0.05) is 12.3 Å². The first-order chi connectivity index (χ1) is 7.70. The Balaban J connectivity index is 1.99. The molecule has 7 nitrogen and oxygen atoms in total. The van der Waals surface area contributed by atoms with Gasteiger partial charge in [0.05, 0.1) is 6.61 Å². The largest absolute Gasteiger partial charge is 0.453 e. The van der Waals surface area contributed by atoms with Crippen molar-refractivity contribution < 1.29 is 19.7 Å². The van der Waals surface area contributed by atoms with Crippen LogP contribution < -0.4 is 10.3 Å². The summed E-state index contributed by atoms with van der Waals surface area (Å²) < 4.78 is 12.3. The maximum absolute atomic E-state index is 11.0. The summed E-state index contributed by atoms with van der Waals surface area (Å²) in [6.07, 6.45) is -1.24. The molecule has 16 heavy (non-hydrogen) atoms. The summed E-state index contributed by atoms with van der Waals surface area (Å²) in [4.78, 5) is 14.7. The molecule has 0 bridgehead atoms. The first-order valence-corrected chi connectivity index (χ1v) is 4.91. The van der Waals surface area contributed by atoms with Crippen molar-refractivity contribution in [2.24, 2.45) is 0 Å². The molecule has 86 valence electrons. The summed E-state index contributed by atoms with van der Waals surface area (Å²) in [7, 11) is 0. The number of rotatable bonds is 1. The van der Waals surface area contributed by atoms with Crippen molar-refractivity contribution in [1.82, 2.24) is 9.55 Å². The van der Waals surface area contributed by atoms with Crippen molar-refractivity contribution in [2.45, 2.75) is 24.5 Å². The Hall–Kier alpha value is -1.44. The highest BCUT2D eigenvalue weighted by molar-refractivity contribution is 5.10. The quantitative estimate of drug-likeness (QED) is 0.590. The number of ether oxygens (including phenoxy) is 2. The second-order valence-corrected chi connectivity index (χ2v) is 3.78. The SMILES string of the molecule is O=c1ccn2c(n1)O[C@H]1[C@@H](O)[C@H](CO)O[C@@H]12. The van der Waals surface area contributed by atoms with Gasteiger partial charge in [0.15, 0.2) is 12.3 Å². The molecule has 1 aromatic heterocycles. The minimum Gasteiger partial charge on any atom is -0.453 e. The van der Waals surface area contributed by atoms with E-state index in [1.807, 2.05) is 0 Å². The molecule has 0 amide bonds. The Bertz CT molecular complexity index is 473. The first-order valence-electron chi connectivity index (χ1n) is 4.91. The van der Waals surface area contributed by atoms with Gasteiger partial charge in [-0.3, -0.25) is 9.36 Å². The summed E-state index contributed by atoms with van der Waals surface area (Å²) in [5.41, 5.74) is -0.403. The topological polar surface area (TPSA) is 93.8 Å². The Morgan fingerprint density at radius 1 is 1.56 bits per heavy atom. The molecule has 3 rings (SSSR count). The average Bonchev–Trinajstić information content (AvgIpc) is 2.75. The molecule has 1 saturated heterocycles. The molecule has 2 aliphatic rings. The van der Waals surface area contributed by atoms with Crippen LogP contribution in [0.2, 0.25) is 0 Å². The lowest BCUT2D eigenvalue weighted by Gasteiger charge is -2.13. The van der Waals surface area contributed by atoms with Gasteiger partial charge < -0.3 is 19.7 Å². The third kappa shape index (κ3) is 1.19. The van der Waals surface area contributed by atoms with Crippen LogP contribution in [0.25, 0.3) is 0 Å². The molecule has 0 saturated carbocycles. The van der Waals surface area contributed by atoms with Crippen molar-refractivity contribution >= 4 is 0 Å². The van der Waals surface area contributed by atoms with E-state index in [-0.39, 0.29) is 12.6 Å². The minimum absolute atomic E-state index is 0.137. The fraction of sp³-hybridized carbons (Fsp3) is 0.556. The first kappa shape index (κ1) is 9.76. The molecule has 0 spiro atoms. The molecule has 7 heteroatoms. The molecule has 0 unspecified atom stereocenters. The summed E-state index contributed by atoms with van der Waals surface area (Å²) in [6.45, 7) is -0.277. The number of fused-ring (bicyclic) bond motifs is 3. The number of aliphatic hydroxyl groups excluding tert-OH is 2. The number of hydrogen-bond acceptors (Lipinski definition) is 6. The van der Waals surface area contributed by atoms with Crippen molar-refractivity contribution in [3.8, 4) is 6.01 Å². The highest BCUT2D eigenvalue weighted by Gasteiger charge is 2.50. The van der Waals surface area contributed by atoms with Gasteiger partial charge in [-0.25, -0.2) is 0 Å². The summed E-state index contributed by atoms with van der Waals surface area (Å²) in [5.74, 6) is 0. The van der Waals surface area contributed by atoms with Gasteiger partial charge in [-0.05, 0) is 0 Å². The van der Waals surface area contributed by atoms with E-state index in [1.165, 1.54) is 16.8 Å². The summed E-state index contributed by atoms with van der Waals surface area (Å²) in [5, 5.41) is 18.7. The van der Waals surface area contributed by atoms with Crippen LogP contribution in [0.3, 0.4) is 0 Å². The van der Waals surface area contributed by atoms with Crippen molar-refractivity contribution in [3.05, 3.63) is 22.6 Å². The molecular formula is C9H10N2O5. The van der Waals surface area contributed by atoms with Crippen molar-refractivity contribution in [2.75, 3.05) is 6.61 Å². The van der Waals surface area contributed by atoms with Gasteiger partial charge in [-0.1, -0.05) is 0 Å². The van der Waals surface area contributed by atoms with E-state index >= 15 is 0 Å². The lowest BCUT2D eigenvalue weighted by molar-refractivity contribution is -0.0434. The van der Waals surface area contributed by atoms with Gasteiger partial charge in [0.2, 0.25) is 0 Å². The Labute approximate surface area is 89.9 Å². The van der Waals surface area contributed by atoms with Gasteiger partial charge in [0.25, 0.3) is 5.56 Å². The fourth-order valence-corrected chi connectivity index (χ4v) is 2.02.